The SMILES string of the molecule is O=C(CN1CCN(C(=O)C2CCCO2)CC1)NCC(=O)Nc1ccc(F)c(F)c1. The quantitative estimate of drug-likeness (QED) is 0.706. The molecule has 0 radical (unpaired) electrons. The fourth-order valence-electron chi connectivity index (χ4n) is 3.32. The van der Waals surface area contributed by atoms with Gasteiger partial charge in [0.15, 0.2) is 11.6 Å². The summed E-state index contributed by atoms with van der Waals surface area (Å²) in [7, 11) is 0. The van der Waals surface area contributed by atoms with Crippen molar-refractivity contribution in [2.75, 3.05) is 51.2 Å². The van der Waals surface area contributed by atoms with E-state index in [9.17, 15) is 23.2 Å². The first-order valence-corrected chi connectivity index (χ1v) is 9.57. The molecular weight excluding hydrogens is 386 g/mol. The van der Waals surface area contributed by atoms with Crippen LogP contribution in [0.2, 0.25) is 0 Å². The summed E-state index contributed by atoms with van der Waals surface area (Å²) in [4.78, 5) is 39.9. The number of benzene rings is 1. The number of piperazine rings is 1. The Labute approximate surface area is 167 Å². The molecule has 3 amide bonds. The molecule has 29 heavy (non-hydrogen) atoms. The van der Waals surface area contributed by atoms with Crippen LogP contribution in [0, 0.1) is 11.6 Å². The zero-order valence-corrected chi connectivity index (χ0v) is 16.0. The van der Waals surface area contributed by atoms with Gasteiger partial charge in [0.2, 0.25) is 11.8 Å². The van der Waals surface area contributed by atoms with Crippen LogP contribution in [0.3, 0.4) is 0 Å². The first-order chi connectivity index (χ1) is 13.9. The summed E-state index contributed by atoms with van der Waals surface area (Å²) in [5.74, 6) is -2.93. The number of hydrogen-bond acceptors (Lipinski definition) is 5. The minimum Gasteiger partial charge on any atom is -0.368 e. The van der Waals surface area contributed by atoms with Crippen LogP contribution in [0.15, 0.2) is 18.2 Å². The summed E-state index contributed by atoms with van der Waals surface area (Å²) in [6.45, 7) is 2.64. The van der Waals surface area contributed by atoms with Crippen molar-refractivity contribution in [1.82, 2.24) is 15.1 Å². The molecule has 2 saturated heterocycles. The number of amides is 3. The molecule has 0 bridgehead atoms. The molecule has 0 saturated carbocycles. The summed E-state index contributed by atoms with van der Waals surface area (Å²) < 4.78 is 31.4. The van der Waals surface area contributed by atoms with Gasteiger partial charge in [-0.1, -0.05) is 0 Å². The lowest BCUT2D eigenvalue weighted by Crippen LogP contribution is -2.53. The van der Waals surface area contributed by atoms with Gasteiger partial charge in [-0.2, -0.15) is 0 Å². The molecule has 1 aromatic rings. The summed E-state index contributed by atoms with van der Waals surface area (Å²) in [5.41, 5.74) is 0.107. The van der Waals surface area contributed by atoms with E-state index in [2.05, 4.69) is 10.6 Å². The predicted molar refractivity (Wildman–Crippen MR) is 100.0 cm³/mol. The topological polar surface area (TPSA) is 91.0 Å². The zero-order valence-electron chi connectivity index (χ0n) is 16.0. The fourth-order valence-corrected chi connectivity index (χ4v) is 3.32. The van der Waals surface area contributed by atoms with Crippen molar-refractivity contribution in [3.8, 4) is 0 Å². The molecule has 0 aliphatic carbocycles. The van der Waals surface area contributed by atoms with Crippen LogP contribution in [0.1, 0.15) is 12.8 Å². The fraction of sp³-hybridized carbons (Fsp3) is 0.526. The Morgan fingerprint density at radius 3 is 2.48 bits per heavy atom. The Morgan fingerprint density at radius 2 is 1.83 bits per heavy atom. The minimum absolute atomic E-state index is 0.0144. The molecule has 0 aromatic heterocycles. The van der Waals surface area contributed by atoms with Crippen LogP contribution in [0.4, 0.5) is 14.5 Å². The monoisotopic (exact) mass is 410 g/mol. The zero-order chi connectivity index (χ0) is 20.8. The highest BCUT2D eigenvalue weighted by Gasteiger charge is 2.30. The number of ether oxygens (including phenoxy) is 1. The van der Waals surface area contributed by atoms with Crippen molar-refractivity contribution in [1.29, 1.82) is 0 Å². The molecule has 2 heterocycles. The highest BCUT2D eigenvalue weighted by Crippen LogP contribution is 2.16. The van der Waals surface area contributed by atoms with Gasteiger partial charge in [0.25, 0.3) is 5.91 Å². The average molecular weight is 410 g/mol. The predicted octanol–water partition coefficient (Wildman–Crippen LogP) is 0.343. The first-order valence-electron chi connectivity index (χ1n) is 9.57. The van der Waals surface area contributed by atoms with Gasteiger partial charge in [-0.15, -0.1) is 0 Å². The Bertz CT molecular complexity index is 763. The molecule has 1 aromatic carbocycles. The van der Waals surface area contributed by atoms with Gasteiger partial charge in [-0.05, 0) is 25.0 Å². The van der Waals surface area contributed by atoms with E-state index in [1.165, 1.54) is 6.07 Å². The van der Waals surface area contributed by atoms with Gasteiger partial charge in [-0.3, -0.25) is 19.3 Å². The molecule has 2 N–H and O–H groups in total. The Morgan fingerprint density at radius 1 is 1.07 bits per heavy atom. The smallest absolute Gasteiger partial charge is 0.251 e. The molecule has 2 fully saturated rings. The van der Waals surface area contributed by atoms with Gasteiger partial charge in [0.1, 0.15) is 6.10 Å². The highest BCUT2D eigenvalue weighted by atomic mass is 19.2. The molecule has 8 nitrogen and oxygen atoms in total. The van der Waals surface area contributed by atoms with E-state index in [4.69, 9.17) is 4.74 Å². The van der Waals surface area contributed by atoms with Crippen LogP contribution in [0.5, 0.6) is 0 Å². The second-order valence-electron chi connectivity index (χ2n) is 7.06. The molecule has 10 heteroatoms. The van der Waals surface area contributed by atoms with Crippen LogP contribution in [0.25, 0.3) is 0 Å². The Balaban J connectivity index is 1.35. The van der Waals surface area contributed by atoms with E-state index >= 15 is 0 Å². The number of anilines is 1. The van der Waals surface area contributed by atoms with Crippen LogP contribution in [-0.2, 0) is 19.1 Å². The maximum absolute atomic E-state index is 13.1. The van der Waals surface area contributed by atoms with Crippen LogP contribution in [-0.4, -0.2) is 79.5 Å². The third-order valence-corrected chi connectivity index (χ3v) is 4.91. The van der Waals surface area contributed by atoms with Crippen molar-refractivity contribution < 1.29 is 27.9 Å². The minimum atomic E-state index is -1.07. The number of nitrogens with one attached hydrogen (secondary N) is 2. The van der Waals surface area contributed by atoms with E-state index in [1.807, 2.05) is 4.90 Å². The maximum atomic E-state index is 13.1. The number of carbonyl (C=O) groups excluding carboxylic acids is 3. The third-order valence-electron chi connectivity index (χ3n) is 4.91. The second kappa shape index (κ2) is 9.75. The standard InChI is InChI=1S/C19H24F2N4O4/c20-14-4-3-13(10-15(14)21)23-17(26)11-22-18(27)12-24-5-7-25(8-6-24)19(28)16-2-1-9-29-16/h3-4,10,16H,1-2,5-9,11-12H2,(H,22,27)(H,23,26). The third kappa shape index (κ3) is 5.94. The van der Waals surface area contributed by atoms with Crippen LogP contribution < -0.4 is 10.6 Å². The van der Waals surface area contributed by atoms with E-state index < -0.39 is 17.5 Å². The number of rotatable bonds is 6. The highest BCUT2D eigenvalue weighted by molar-refractivity contribution is 5.94. The Kier molecular flexibility index (Phi) is 7.10. The lowest BCUT2D eigenvalue weighted by molar-refractivity contribution is -0.142. The first kappa shape index (κ1) is 21.1. The maximum Gasteiger partial charge on any atom is 0.251 e. The molecule has 3 rings (SSSR count). The van der Waals surface area contributed by atoms with E-state index in [1.54, 1.807) is 4.90 Å². The number of nitrogens with zero attached hydrogens (tertiary/aromatic N) is 2. The normalized spacial score (nSPS) is 19.8. The Hall–Kier alpha value is -2.59. The number of carbonyl (C=O) groups is 3. The molecule has 2 aliphatic rings. The van der Waals surface area contributed by atoms with E-state index in [-0.39, 0.29) is 36.7 Å². The van der Waals surface area contributed by atoms with Gasteiger partial charge >= 0.3 is 0 Å². The van der Waals surface area contributed by atoms with Crippen LogP contribution >= 0.6 is 0 Å². The average Bonchev–Trinajstić information content (AvgIpc) is 3.24. The van der Waals surface area contributed by atoms with E-state index in [0.29, 0.717) is 32.8 Å². The van der Waals surface area contributed by atoms with E-state index in [0.717, 1.165) is 25.0 Å². The van der Waals surface area contributed by atoms with Gasteiger partial charge in [0, 0.05) is 44.5 Å². The number of halogens is 2. The molecule has 1 atom stereocenters. The molecule has 158 valence electrons. The van der Waals surface area contributed by atoms with Gasteiger partial charge in [-0.25, -0.2) is 8.78 Å². The lowest BCUT2D eigenvalue weighted by Gasteiger charge is -2.35. The second-order valence-corrected chi connectivity index (χ2v) is 7.06. The summed E-state index contributed by atoms with van der Waals surface area (Å²) in [6, 6.07) is 3.01. The van der Waals surface area contributed by atoms with Crippen molar-refractivity contribution in [3.05, 3.63) is 29.8 Å². The van der Waals surface area contributed by atoms with Crippen molar-refractivity contribution in [2.24, 2.45) is 0 Å². The molecule has 0 spiro atoms. The summed E-state index contributed by atoms with van der Waals surface area (Å²) >= 11 is 0. The van der Waals surface area contributed by atoms with Crippen molar-refractivity contribution in [3.63, 3.8) is 0 Å². The number of hydrogen-bond donors (Lipinski definition) is 2. The van der Waals surface area contributed by atoms with Gasteiger partial charge in [0.05, 0.1) is 13.1 Å². The molecule has 2 aliphatic heterocycles. The van der Waals surface area contributed by atoms with Crippen molar-refractivity contribution in [2.45, 2.75) is 18.9 Å². The lowest BCUT2D eigenvalue weighted by atomic mass is 10.2. The van der Waals surface area contributed by atoms with Crippen molar-refractivity contribution >= 4 is 23.4 Å². The summed E-state index contributed by atoms with van der Waals surface area (Å²) in [6.07, 6.45) is 1.33. The molecule has 1 unspecified atom stereocenters. The molecular formula is C19H24F2N4O4. The van der Waals surface area contributed by atoms with Gasteiger partial charge < -0.3 is 20.3 Å². The summed E-state index contributed by atoms with van der Waals surface area (Å²) in [5, 5.41) is 4.88. The largest absolute Gasteiger partial charge is 0.368 e.